The van der Waals surface area contributed by atoms with Gasteiger partial charge in [-0.25, -0.2) is 0 Å². The van der Waals surface area contributed by atoms with Gasteiger partial charge in [0.25, 0.3) is 5.91 Å². The van der Waals surface area contributed by atoms with Gasteiger partial charge in [-0.15, -0.1) is 11.3 Å². The van der Waals surface area contributed by atoms with Crippen molar-refractivity contribution in [3.8, 4) is 11.5 Å². The molecular weight excluding hydrogens is 336 g/mol. The summed E-state index contributed by atoms with van der Waals surface area (Å²) >= 11 is 1.75. The van der Waals surface area contributed by atoms with Gasteiger partial charge in [0, 0.05) is 17.0 Å². The van der Waals surface area contributed by atoms with Gasteiger partial charge in [-0.2, -0.15) is 0 Å². The van der Waals surface area contributed by atoms with Crippen LogP contribution in [0.1, 0.15) is 34.1 Å². The minimum Gasteiger partial charge on any atom is -0.493 e. The number of hydrogen-bond acceptors (Lipinski definition) is 5. The topological polar surface area (TPSA) is 50.8 Å². The van der Waals surface area contributed by atoms with Gasteiger partial charge in [0.05, 0.1) is 20.3 Å². The normalized spacial score (nSPS) is 15.8. The third-order valence-corrected chi connectivity index (χ3v) is 5.53. The molecule has 1 unspecified atom stereocenters. The molecule has 1 aromatic carbocycles. The monoisotopic (exact) mass is 360 g/mol. The number of carbonyl (C=O) groups excluding carboxylic acids is 1. The SMILES string of the molecule is COc1ccc(C(=O)NCC(c2cccs2)N2CCCC2)cc1OC. The maximum atomic E-state index is 12.6. The van der Waals surface area contributed by atoms with Gasteiger partial charge in [-0.05, 0) is 55.6 Å². The third-order valence-electron chi connectivity index (χ3n) is 4.55. The van der Waals surface area contributed by atoms with Crippen molar-refractivity contribution in [1.82, 2.24) is 10.2 Å². The number of nitrogens with one attached hydrogen (secondary N) is 1. The molecule has 1 fully saturated rings. The van der Waals surface area contributed by atoms with Crippen LogP contribution in [0.25, 0.3) is 0 Å². The van der Waals surface area contributed by atoms with Gasteiger partial charge in [0.2, 0.25) is 0 Å². The first-order chi connectivity index (χ1) is 12.2. The third kappa shape index (κ3) is 4.14. The number of nitrogens with zero attached hydrogens (tertiary/aromatic N) is 1. The minimum absolute atomic E-state index is 0.0956. The summed E-state index contributed by atoms with van der Waals surface area (Å²) < 4.78 is 10.5. The van der Waals surface area contributed by atoms with Crippen LogP contribution in [-0.4, -0.2) is 44.7 Å². The lowest BCUT2D eigenvalue weighted by atomic mass is 10.1. The van der Waals surface area contributed by atoms with Crippen LogP contribution < -0.4 is 14.8 Å². The molecule has 1 aliphatic heterocycles. The largest absolute Gasteiger partial charge is 0.493 e. The second-order valence-corrected chi connectivity index (χ2v) is 7.03. The van der Waals surface area contributed by atoms with E-state index in [4.69, 9.17) is 9.47 Å². The number of carbonyl (C=O) groups is 1. The van der Waals surface area contributed by atoms with Crippen molar-refractivity contribution in [1.29, 1.82) is 0 Å². The fourth-order valence-corrected chi connectivity index (χ4v) is 4.07. The van der Waals surface area contributed by atoms with E-state index in [0.717, 1.165) is 13.1 Å². The Bertz CT molecular complexity index is 697. The van der Waals surface area contributed by atoms with Gasteiger partial charge in [-0.3, -0.25) is 9.69 Å². The van der Waals surface area contributed by atoms with Gasteiger partial charge >= 0.3 is 0 Å². The lowest BCUT2D eigenvalue weighted by Gasteiger charge is -2.27. The zero-order chi connectivity index (χ0) is 17.6. The lowest BCUT2D eigenvalue weighted by molar-refractivity contribution is 0.0938. The first kappa shape index (κ1) is 17.8. The van der Waals surface area contributed by atoms with Crippen molar-refractivity contribution in [3.63, 3.8) is 0 Å². The molecule has 1 saturated heterocycles. The molecule has 134 valence electrons. The van der Waals surface area contributed by atoms with E-state index in [9.17, 15) is 4.79 Å². The predicted molar refractivity (Wildman–Crippen MR) is 99.7 cm³/mol. The highest BCUT2D eigenvalue weighted by molar-refractivity contribution is 7.10. The Morgan fingerprint density at radius 3 is 2.60 bits per heavy atom. The van der Waals surface area contributed by atoms with Crippen LogP contribution in [0.3, 0.4) is 0 Å². The highest BCUT2D eigenvalue weighted by Gasteiger charge is 2.25. The average molecular weight is 360 g/mol. The summed E-state index contributed by atoms with van der Waals surface area (Å²) in [6, 6.07) is 9.68. The second-order valence-electron chi connectivity index (χ2n) is 6.05. The van der Waals surface area contributed by atoms with Crippen LogP contribution in [-0.2, 0) is 0 Å². The maximum absolute atomic E-state index is 12.6. The molecule has 1 aliphatic rings. The molecule has 2 aromatic rings. The Hall–Kier alpha value is -2.05. The van der Waals surface area contributed by atoms with Crippen molar-refractivity contribution < 1.29 is 14.3 Å². The van der Waals surface area contributed by atoms with Crippen LogP contribution in [0.15, 0.2) is 35.7 Å². The minimum atomic E-state index is -0.0956. The van der Waals surface area contributed by atoms with Gasteiger partial charge < -0.3 is 14.8 Å². The van der Waals surface area contributed by atoms with Crippen molar-refractivity contribution >= 4 is 17.2 Å². The fourth-order valence-electron chi connectivity index (χ4n) is 3.21. The summed E-state index contributed by atoms with van der Waals surface area (Å²) in [7, 11) is 3.15. The number of thiophene rings is 1. The Morgan fingerprint density at radius 1 is 1.20 bits per heavy atom. The smallest absolute Gasteiger partial charge is 0.251 e. The standard InChI is InChI=1S/C19H24N2O3S/c1-23-16-8-7-14(12-17(16)24-2)19(22)20-13-15(18-6-5-11-25-18)21-9-3-4-10-21/h5-8,11-12,15H,3-4,9-10,13H2,1-2H3,(H,20,22). The van der Waals surface area contributed by atoms with Gasteiger partial charge in [0.15, 0.2) is 11.5 Å². The van der Waals surface area contributed by atoms with E-state index in [2.05, 4.69) is 27.7 Å². The van der Waals surface area contributed by atoms with E-state index < -0.39 is 0 Å². The maximum Gasteiger partial charge on any atom is 0.251 e. The summed E-state index contributed by atoms with van der Waals surface area (Å²) in [4.78, 5) is 16.3. The van der Waals surface area contributed by atoms with Gasteiger partial charge in [0.1, 0.15) is 0 Å². The lowest BCUT2D eigenvalue weighted by Crippen LogP contribution is -2.36. The van der Waals surface area contributed by atoms with Crippen LogP contribution in [0.2, 0.25) is 0 Å². The Kier molecular flexibility index (Phi) is 5.94. The first-order valence-electron chi connectivity index (χ1n) is 8.50. The van der Waals surface area contributed by atoms with Crippen LogP contribution >= 0.6 is 11.3 Å². The fraction of sp³-hybridized carbons (Fsp3) is 0.421. The number of amides is 1. The molecule has 6 heteroatoms. The van der Waals surface area contributed by atoms with E-state index in [1.54, 1.807) is 43.8 Å². The molecule has 0 spiro atoms. The molecule has 0 bridgehead atoms. The first-order valence-corrected chi connectivity index (χ1v) is 9.38. The zero-order valence-corrected chi connectivity index (χ0v) is 15.5. The van der Waals surface area contributed by atoms with E-state index in [1.807, 2.05) is 0 Å². The second kappa shape index (κ2) is 8.36. The molecule has 1 N–H and O–H groups in total. The van der Waals surface area contributed by atoms with E-state index >= 15 is 0 Å². The zero-order valence-electron chi connectivity index (χ0n) is 14.7. The number of hydrogen-bond donors (Lipinski definition) is 1. The molecular formula is C19H24N2O3S. The van der Waals surface area contributed by atoms with Crippen molar-refractivity contribution in [2.45, 2.75) is 18.9 Å². The number of benzene rings is 1. The van der Waals surface area contributed by atoms with E-state index in [1.165, 1.54) is 17.7 Å². The van der Waals surface area contributed by atoms with Crippen LogP contribution in [0, 0.1) is 0 Å². The van der Waals surface area contributed by atoms with E-state index in [0.29, 0.717) is 23.6 Å². The Morgan fingerprint density at radius 2 is 1.96 bits per heavy atom. The number of ether oxygens (including phenoxy) is 2. The molecule has 2 heterocycles. The molecule has 1 amide bonds. The molecule has 0 radical (unpaired) electrons. The summed E-state index contributed by atoms with van der Waals surface area (Å²) in [5.74, 6) is 1.08. The van der Waals surface area contributed by atoms with Crippen LogP contribution in [0.4, 0.5) is 0 Å². The molecule has 3 rings (SSSR count). The average Bonchev–Trinajstić information content (AvgIpc) is 3.35. The highest BCUT2D eigenvalue weighted by atomic mass is 32.1. The molecule has 5 nitrogen and oxygen atoms in total. The Balaban J connectivity index is 1.69. The summed E-state index contributed by atoms with van der Waals surface area (Å²) in [6.45, 7) is 2.79. The van der Waals surface area contributed by atoms with Crippen molar-refractivity contribution in [2.24, 2.45) is 0 Å². The molecule has 1 aromatic heterocycles. The summed E-state index contributed by atoms with van der Waals surface area (Å²) in [5.41, 5.74) is 0.573. The predicted octanol–water partition coefficient (Wildman–Crippen LogP) is 3.33. The summed E-state index contributed by atoms with van der Waals surface area (Å²) in [6.07, 6.45) is 2.46. The van der Waals surface area contributed by atoms with Crippen molar-refractivity contribution in [2.75, 3.05) is 33.9 Å². The Labute approximate surface area is 152 Å². The van der Waals surface area contributed by atoms with E-state index in [-0.39, 0.29) is 11.9 Å². The number of likely N-dealkylation sites (tertiary alicyclic amines) is 1. The number of methoxy groups -OCH3 is 2. The quantitative estimate of drug-likeness (QED) is 0.823. The van der Waals surface area contributed by atoms with Gasteiger partial charge in [-0.1, -0.05) is 6.07 Å². The molecule has 0 aliphatic carbocycles. The summed E-state index contributed by atoms with van der Waals surface area (Å²) in [5, 5.41) is 5.17. The van der Waals surface area contributed by atoms with Crippen LogP contribution in [0.5, 0.6) is 11.5 Å². The molecule has 0 saturated carbocycles. The number of rotatable bonds is 7. The highest BCUT2D eigenvalue weighted by Crippen LogP contribution is 2.29. The molecule has 25 heavy (non-hydrogen) atoms. The van der Waals surface area contributed by atoms with Crippen molar-refractivity contribution in [3.05, 3.63) is 46.2 Å². The molecule has 1 atom stereocenters.